The van der Waals surface area contributed by atoms with Gasteiger partial charge in [-0.1, -0.05) is 30.3 Å². The molecule has 2 aliphatic heterocycles. The van der Waals surface area contributed by atoms with Gasteiger partial charge in [0.15, 0.2) is 0 Å². The standard InChI is InChI=1S/C25H30F2N4O3S/c1-19(32)31-25(20-7-4-3-5-8-20,18-24(28-31)22-17-21(26)9-10-23(22)27)11-6-12-29-13-15-30(16-14-29)35(2,33)34/h3-5,7-10,17H,6,11-16,18H2,1-2H3/t25-/m0/s1. The number of nitrogens with zero attached hydrogens (tertiary/aromatic N) is 4. The normalized spacial score (nSPS) is 21.8. The number of amides is 1. The Morgan fingerprint density at radius 2 is 1.74 bits per heavy atom. The Bertz CT molecular complexity index is 1210. The number of piperazine rings is 1. The topological polar surface area (TPSA) is 73.3 Å². The van der Waals surface area contributed by atoms with Crippen LogP contribution < -0.4 is 0 Å². The fraction of sp³-hybridized carbons (Fsp3) is 0.440. The van der Waals surface area contributed by atoms with Gasteiger partial charge in [0.2, 0.25) is 15.9 Å². The van der Waals surface area contributed by atoms with Gasteiger partial charge in [0.05, 0.1) is 17.5 Å². The Balaban J connectivity index is 1.56. The Labute approximate surface area is 205 Å². The summed E-state index contributed by atoms with van der Waals surface area (Å²) in [5.74, 6) is -1.42. The Morgan fingerprint density at radius 3 is 2.37 bits per heavy atom. The van der Waals surface area contributed by atoms with E-state index in [1.54, 1.807) is 0 Å². The summed E-state index contributed by atoms with van der Waals surface area (Å²) in [7, 11) is -3.19. The Morgan fingerprint density at radius 1 is 1.06 bits per heavy atom. The first-order valence-corrected chi connectivity index (χ1v) is 13.5. The highest BCUT2D eigenvalue weighted by Gasteiger charge is 2.46. The van der Waals surface area contributed by atoms with Crippen molar-refractivity contribution in [3.05, 3.63) is 71.3 Å². The number of hydrogen-bond donors (Lipinski definition) is 0. The first kappa shape index (κ1) is 25.4. The van der Waals surface area contributed by atoms with Crippen molar-refractivity contribution >= 4 is 21.6 Å². The number of benzene rings is 2. The fourth-order valence-electron chi connectivity index (χ4n) is 5.03. The third-order valence-corrected chi connectivity index (χ3v) is 8.10. The molecule has 2 aromatic carbocycles. The first-order chi connectivity index (χ1) is 16.6. The lowest BCUT2D eigenvalue weighted by molar-refractivity contribution is -0.135. The number of hydrogen-bond acceptors (Lipinski definition) is 5. The predicted octanol–water partition coefficient (Wildman–Crippen LogP) is 3.17. The molecule has 0 aliphatic carbocycles. The summed E-state index contributed by atoms with van der Waals surface area (Å²) in [6.07, 6.45) is 2.76. The van der Waals surface area contributed by atoms with Crippen LogP contribution in [0.3, 0.4) is 0 Å². The number of halogens is 2. The maximum atomic E-state index is 14.6. The molecule has 1 atom stereocenters. The molecule has 1 fully saturated rings. The third-order valence-electron chi connectivity index (χ3n) is 6.80. The summed E-state index contributed by atoms with van der Waals surface area (Å²) in [6.45, 7) is 4.33. The molecule has 0 radical (unpaired) electrons. The molecule has 1 amide bonds. The highest BCUT2D eigenvalue weighted by molar-refractivity contribution is 7.88. The summed E-state index contributed by atoms with van der Waals surface area (Å²) in [5, 5.41) is 5.92. The summed E-state index contributed by atoms with van der Waals surface area (Å²) in [5.41, 5.74) is 0.455. The minimum atomic E-state index is -3.19. The zero-order chi connectivity index (χ0) is 25.2. The van der Waals surface area contributed by atoms with Crippen molar-refractivity contribution in [3.63, 3.8) is 0 Å². The molecule has 0 aromatic heterocycles. The third kappa shape index (κ3) is 5.44. The van der Waals surface area contributed by atoms with Crippen molar-refractivity contribution < 1.29 is 22.0 Å². The molecule has 7 nitrogen and oxygen atoms in total. The molecule has 1 saturated heterocycles. The van der Waals surface area contributed by atoms with Crippen LogP contribution >= 0.6 is 0 Å². The smallest absolute Gasteiger partial charge is 0.240 e. The molecule has 0 bridgehead atoms. The van der Waals surface area contributed by atoms with E-state index in [1.807, 2.05) is 30.3 Å². The van der Waals surface area contributed by atoms with E-state index in [0.717, 1.165) is 30.3 Å². The molecule has 35 heavy (non-hydrogen) atoms. The monoisotopic (exact) mass is 504 g/mol. The van der Waals surface area contributed by atoms with Crippen LogP contribution in [-0.4, -0.2) is 73.2 Å². The van der Waals surface area contributed by atoms with Gasteiger partial charge in [-0.3, -0.25) is 4.79 Å². The lowest BCUT2D eigenvalue weighted by Crippen LogP contribution is -2.49. The maximum absolute atomic E-state index is 14.6. The van der Waals surface area contributed by atoms with Crippen LogP contribution in [0.1, 0.15) is 37.3 Å². The molecule has 0 spiro atoms. The lowest BCUT2D eigenvalue weighted by Gasteiger charge is -2.38. The number of carbonyl (C=O) groups excluding carboxylic acids is 1. The average Bonchev–Trinajstić information content (AvgIpc) is 3.22. The molecule has 0 saturated carbocycles. The van der Waals surface area contributed by atoms with E-state index >= 15 is 0 Å². The summed E-state index contributed by atoms with van der Waals surface area (Å²) in [6, 6.07) is 12.8. The van der Waals surface area contributed by atoms with Crippen molar-refractivity contribution in [3.8, 4) is 0 Å². The van der Waals surface area contributed by atoms with Gasteiger partial charge in [0.25, 0.3) is 0 Å². The zero-order valence-electron chi connectivity index (χ0n) is 20.0. The highest BCUT2D eigenvalue weighted by atomic mass is 32.2. The molecule has 0 N–H and O–H groups in total. The molecule has 0 unspecified atom stereocenters. The van der Waals surface area contributed by atoms with E-state index in [1.165, 1.54) is 22.5 Å². The molecule has 10 heteroatoms. The molecular weight excluding hydrogens is 474 g/mol. The number of carbonyl (C=O) groups is 1. The van der Waals surface area contributed by atoms with Gasteiger partial charge in [-0.25, -0.2) is 22.2 Å². The fourth-order valence-corrected chi connectivity index (χ4v) is 5.86. The second-order valence-corrected chi connectivity index (χ2v) is 11.2. The molecular formula is C25H30F2N4O3S. The largest absolute Gasteiger partial charge is 0.301 e. The second kappa shape index (κ2) is 10.1. The van der Waals surface area contributed by atoms with Crippen LogP contribution in [0.15, 0.2) is 53.6 Å². The highest BCUT2D eigenvalue weighted by Crippen LogP contribution is 2.43. The maximum Gasteiger partial charge on any atom is 0.240 e. The average molecular weight is 505 g/mol. The van der Waals surface area contributed by atoms with Gasteiger partial charge in [-0.2, -0.15) is 9.41 Å². The van der Waals surface area contributed by atoms with Crippen molar-refractivity contribution in [1.82, 2.24) is 14.2 Å². The molecule has 4 rings (SSSR count). The van der Waals surface area contributed by atoms with E-state index in [-0.39, 0.29) is 17.9 Å². The van der Waals surface area contributed by atoms with Crippen LogP contribution in [0.25, 0.3) is 0 Å². The first-order valence-electron chi connectivity index (χ1n) is 11.7. The van der Waals surface area contributed by atoms with Gasteiger partial charge in [0, 0.05) is 45.1 Å². The van der Waals surface area contributed by atoms with E-state index in [4.69, 9.17) is 0 Å². The molecule has 2 aromatic rings. The minimum absolute atomic E-state index is 0.0611. The van der Waals surface area contributed by atoms with Crippen molar-refractivity contribution in [1.29, 1.82) is 0 Å². The van der Waals surface area contributed by atoms with Gasteiger partial charge in [-0.05, 0) is 43.1 Å². The van der Waals surface area contributed by atoms with Crippen LogP contribution in [0.2, 0.25) is 0 Å². The number of hydrazone groups is 1. The predicted molar refractivity (Wildman–Crippen MR) is 130 cm³/mol. The summed E-state index contributed by atoms with van der Waals surface area (Å²) in [4.78, 5) is 14.9. The number of rotatable bonds is 7. The van der Waals surface area contributed by atoms with E-state index in [0.29, 0.717) is 44.7 Å². The second-order valence-electron chi connectivity index (χ2n) is 9.18. The van der Waals surface area contributed by atoms with Crippen LogP contribution in [0.5, 0.6) is 0 Å². The van der Waals surface area contributed by atoms with Crippen LogP contribution in [0, 0.1) is 11.6 Å². The zero-order valence-corrected chi connectivity index (χ0v) is 20.8. The van der Waals surface area contributed by atoms with Gasteiger partial charge in [-0.15, -0.1) is 0 Å². The lowest BCUT2D eigenvalue weighted by atomic mass is 9.80. The van der Waals surface area contributed by atoms with E-state index in [9.17, 15) is 22.0 Å². The minimum Gasteiger partial charge on any atom is -0.301 e. The van der Waals surface area contributed by atoms with E-state index < -0.39 is 27.2 Å². The Hall–Kier alpha value is -2.69. The van der Waals surface area contributed by atoms with Gasteiger partial charge >= 0.3 is 0 Å². The summed E-state index contributed by atoms with van der Waals surface area (Å²) >= 11 is 0. The summed E-state index contributed by atoms with van der Waals surface area (Å²) < 4.78 is 53.6. The Kier molecular flexibility index (Phi) is 7.35. The van der Waals surface area contributed by atoms with Gasteiger partial charge < -0.3 is 4.90 Å². The quantitative estimate of drug-likeness (QED) is 0.581. The van der Waals surface area contributed by atoms with Gasteiger partial charge in [0.1, 0.15) is 11.6 Å². The molecule has 188 valence electrons. The van der Waals surface area contributed by atoms with Crippen molar-refractivity contribution in [2.75, 3.05) is 39.0 Å². The van der Waals surface area contributed by atoms with E-state index in [2.05, 4.69) is 10.0 Å². The number of sulfonamides is 1. The van der Waals surface area contributed by atoms with Crippen LogP contribution in [-0.2, 0) is 20.4 Å². The van der Waals surface area contributed by atoms with Crippen molar-refractivity contribution in [2.24, 2.45) is 5.10 Å². The molecule has 2 heterocycles. The molecule has 2 aliphatic rings. The van der Waals surface area contributed by atoms with Crippen molar-refractivity contribution in [2.45, 2.75) is 31.7 Å². The van der Waals surface area contributed by atoms with Crippen LogP contribution in [0.4, 0.5) is 8.78 Å². The SMILES string of the molecule is CC(=O)N1N=C(c2cc(F)ccc2F)C[C@@]1(CCCN1CCN(S(C)(=O)=O)CC1)c1ccccc1.